The number of carbonyl (C=O) groups excluding carboxylic acids is 1. The summed E-state index contributed by atoms with van der Waals surface area (Å²) in [5.74, 6) is 0.0173. The molecule has 0 spiro atoms. The van der Waals surface area contributed by atoms with Crippen LogP contribution in [0.4, 0.5) is 5.69 Å². The molecule has 0 radical (unpaired) electrons. The topological polar surface area (TPSA) is 29.5 Å². The number of hydrogen-bond donors (Lipinski definition) is 0. The highest BCUT2D eigenvalue weighted by Crippen LogP contribution is 2.20. The molecule has 3 heteroatoms. The summed E-state index contributed by atoms with van der Waals surface area (Å²) in [4.78, 5) is 14.0. The van der Waals surface area contributed by atoms with Crippen LogP contribution >= 0.6 is 0 Å². The number of likely N-dealkylation sites (N-methyl/N-ethyl adjacent to an activating group) is 1. The normalized spacial score (nSPS) is 12.2. The average molecular weight is 235 g/mol. The van der Waals surface area contributed by atoms with E-state index in [2.05, 4.69) is 0 Å². The van der Waals surface area contributed by atoms with E-state index < -0.39 is 0 Å². The Morgan fingerprint density at radius 2 is 2.00 bits per heavy atom. The van der Waals surface area contributed by atoms with Crippen molar-refractivity contribution < 1.29 is 9.53 Å². The van der Waals surface area contributed by atoms with Crippen molar-refractivity contribution in [1.82, 2.24) is 0 Å². The van der Waals surface area contributed by atoms with Gasteiger partial charge >= 0.3 is 0 Å². The van der Waals surface area contributed by atoms with Gasteiger partial charge in [0.05, 0.1) is 0 Å². The third-order valence-electron chi connectivity index (χ3n) is 2.75. The van der Waals surface area contributed by atoms with Gasteiger partial charge in [0.1, 0.15) is 6.10 Å². The number of aryl methyl sites for hydroxylation is 1. The van der Waals surface area contributed by atoms with Crippen molar-refractivity contribution in [2.45, 2.75) is 33.8 Å². The first-order chi connectivity index (χ1) is 8.11. The molecule has 0 aromatic heterocycles. The Hall–Kier alpha value is -1.35. The molecule has 1 atom stereocenters. The van der Waals surface area contributed by atoms with Gasteiger partial charge in [0.2, 0.25) is 0 Å². The molecular formula is C14H21NO2. The number of para-hydroxylation sites is 1. The Balaban J connectivity index is 2.92. The summed E-state index contributed by atoms with van der Waals surface area (Å²) < 4.78 is 5.36. The third kappa shape index (κ3) is 3.30. The Morgan fingerprint density at radius 1 is 1.35 bits per heavy atom. The van der Waals surface area contributed by atoms with Gasteiger partial charge in [0.25, 0.3) is 5.91 Å². The van der Waals surface area contributed by atoms with Crippen LogP contribution in [-0.2, 0) is 9.53 Å². The third-order valence-corrected chi connectivity index (χ3v) is 2.75. The Labute approximate surface area is 103 Å². The molecule has 94 valence electrons. The van der Waals surface area contributed by atoms with Crippen LogP contribution in [0, 0.1) is 6.92 Å². The molecule has 0 aliphatic rings. The van der Waals surface area contributed by atoms with Crippen LogP contribution in [0.2, 0.25) is 0 Å². The minimum atomic E-state index is -0.389. The summed E-state index contributed by atoms with van der Waals surface area (Å²) in [5, 5.41) is 0. The van der Waals surface area contributed by atoms with Crippen LogP contribution in [0.1, 0.15) is 26.3 Å². The van der Waals surface area contributed by atoms with Gasteiger partial charge in [0.15, 0.2) is 0 Å². The summed E-state index contributed by atoms with van der Waals surface area (Å²) in [6.07, 6.45) is -0.389. The molecule has 0 aliphatic carbocycles. The van der Waals surface area contributed by atoms with Crippen molar-refractivity contribution >= 4 is 11.6 Å². The van der Waals surface area contributed by atoms with Gasteiger partial charge in [-0.05, 0) is 39.3 Å². The van der Waals surface area contributed by atoms with Crippen LogP contribution in [0.5, 0.6) is 0 Å². The molecule has 1 aromatic carbocycles. The fourth-order valence-electron chi connectivity index (χ4n) is 1.85. The number of hydrogen-bond acceptors (Lipinski definition) is 2. The Morgan fingerprint density at radius 3 is 2.53 bits per heavy atom. The molecule has 0 aliphatic heterocycles. The lowest BCUT2D eigenvalue weighted by Crippen LogP contribution is -2.39. The van der Waals surface area contributed by atoms with Gasteiger partial charge in [-0.1, -0.05) is 18.2 Å². The van der Waals surface area contributed by atoms with Gasteiger partial charge in [-0.15, -0.1) is 0 Å². The number of anilines is 1. The fraction of sp³-hybridized carbons (Fsp3) is 0.500. The van der Waals surface area contributed by atoms with E-state index in [0.29, 0.717) is 13.2 Å². The van der Waals surface area contributed by atoms with E-state index in [1.807, 2.05) is 45.0 Å². The number of rotatable bonds is 5. The highest BCUT2D eigenvalue weighted by molar-refractivity contribution is 5.96. The van der Waals surface area contributed by atoms with E-state index in [4.69, 9.17) is 4.74 Å². The zero-order valence-corrected chi connectivity index (χ0v) is 11.1. The lowest BCUT2D eigenvalue weighted by molar-refractivity contribution is -0.128. The summed E-state index contributed by atoms with van der Waals surface area (Å²) in [6.45, 7) is 8.89. The van der Waals surface area contributed by atoms with Crippen molar-refractivity contribution in [2.75, 3.05) is 18.1 Å². The first-order valence-corrected chi connectivity index (χ1v) is 6.10. The number of benzene rings is 1. The molecule has 0 fully saturated rings. The maximum Gasteiger partial charge on any atom is 0.255 e. The maximum atomic E-state index is 12.2. The summed E-state index contributed by atoms with van der Waals surface area (Å²) in [7, 11) is 0. The number of carbonyl (C=O) groups is 1. The maximum absolute atomic E-state index is 12.2. The van der Waals surface area contributed by atoms with Gasteiger partial charge in [-0.2, -0.15) is 0 Å². The molecule has 0 saturated heterocycles. The van der Waals surface area contributed by atoms with E-state index in [1.165, 1.54) is 0 Å². The second kappa shape index (κ2) is 6.40. The zero-order valence-electron chi connectivity index (χ0n) is 11.1. The molecule has 1 aromatic rings. The molecule has 17 heavy (non-hydrogen) atoms. The van der Waals surface area contributed by atoms with Crippen molar-refractivity contribution in [3.05, 3.63) is 29.8 Å². The van der Waals surface area contributed by atoms with Gasteiger partial charge in [-0.25, -0.2) is 0 Å². The first-order valence-electron chi connectivity index (χ1n) is 6.10. The first kappa shape index (κ1) is 13.7. The van der Waals surface area contributed by atoms with E-state index in [9.17, 15) is 4.79 Å². The summed E-state index contributed by atoms with van der Waals surface area (Å²) in [5.41, 5.74) is 2.07. The van der Waals surface area contributed by atoms with Crippen LogP contribution in [0.3, 0.4) is 0 Å². The van der Waals surface area contributed by atoms with Gasteiger partial charge in [-0.3, -0.25) is 4.79 Å². The van der Waals surface area contributed by atoms with Crippen molar-refractivity contribution in [2.24, 2.45) is 0 Å². The number of ether oxygens (including phenoxy) is 1. The highest BCUT2D eigenvalue weighted by Gasteiger charge is 2.21. The predicted molar refractivity (Wildman–Crippen MR) is 70.3 cm³/mol. The quantitative estimate of drug-likeness (QED) is 0.785. The van der Waals surface area contributed by atoms with Crippen molar-refractivity contribution in [1.29, 1.82) is 0 Å². The van der Waals surface area contributed by atoms with Crippen molar-refractivity contribution in [3.63, 3.8) is 0 Å². The minimum absolute atomic E-state index is 0.0173. The molecule has 0 saturated carbocycles. The Kier molecular flexibility index (Phi) is 5.16. The Bertz CT molecular complexity index is 376. The molecule has 0 heterocycles. The lowest BCUT2D eigenvalue weighted by atomic mass is 10.1. The van der Waals surface area contributed by atoms with E-state index in [1.54, 1.807) is 11.8 Å². The molecule has 0 bridgehead atoms. The van der Waals surface area contributed by atoms with E-state index in [-0.39, 0.29) is 12.0 Å². The zero-order chi connectivity index (χ0) is 12.8. The summed E-state index contributed by atoms with van der Waals surface area (Å²) in [6, 6.07) is 7.90. The molecule has 1 amide bonds. The fourth-order valence-corrected chi connectivity index (χ4v) is 1.85. The predicted octanol–water partition coefficient (Wildman–Crippen LogP) is 2.77. The average Bonchev–Trinajstić information content (AvgIpc) is 2.32. The van der Waals surface area contributed by atoms with Gasteiger partial charge in [0, 0.05) is 18.8 Å². The second-order valence-electron chi connectivity index (χ2n) is 3.97. The SMILES string of the molecule is CCOC(C)C(=O)N(CC)c1ccccc1C. The number of nitrogens with zero attached hydrogens (tertiary/aromatic N) is 1. The van der Waals surface area contributed by atoms with Crippen LogP contribution in [0.25, 0.3) is 0 Å². The smallest absolute Gasteiger partial charge is 0.255 e. The van der Waals surface area contributed by atoms with Crippen LogP contribution in [-0.4, -0.2) is 25.2 Å². The van der Waals surface area contributed by atoms with Gasteiger partial charge < -0.3 is 9.64 Å². The molecular weight excluding hydrogens is 214 g/mol. The molecule has 3 nitrogen and oxygen atoms in total. The number of amides is 1. The van der Waals surface area contributed by atoms with E-state index in [0.717, 1.165) is 11.3 Å². The monoisotopic (exact) mass is 235 g/mol. The highest BCUT2D eigenvalue weighted by atomic mass is 16.5. The van der Waals surface area contributed by atoms with Crippen LogP contribution in [0.15, 0.2) is 24.3 Å². The minimum Gasteiger partial charge on any atom is -0.369 e. The molecule has 1 unspecified atom stereocenters. The summed E-state index contributed by atoms with van der Waals surface area (Å²) >= 11 is 0. The lowest BCUT2D eigenvalue weighted by Gasteiger charge is -2.25. The van der Waals surface area contributed by atoms with Crippen molar-refractivity contribution in [3.8, 4) is 0 Å². The second-order valence-corrected chi connectivity index (χ2v) is 3.97. The largest absolute Gasteiger partial charge is 0.369 e. The van der Waals surface area contributed by atoms with E-state index >= 15 is 0 Å². The molecule has 1 rings (SSSR count). The standard InChI is InChI=1S/C14H21NO2/c1-5-15(14(16)12(4)17-6-2)13-10-8-7-9-11(13)3/h7-10,12H,5-6H2,1-4H3. The van der Waals surface area contributed by atoms with Crippen LogP contribution < -0.4 is 4.90 Å². The molecule has 0 N–H and O–H groups in total.